The molecule has 2 heteroatoms. The van der Waals surface area contributed by atoms with Crippen LogP contribution in [0.15, 0.2) is 42.7 Å². The van der Waals surface area contributed by atoms with Crippen molar-refractivity contribution < 1.29 is 0 Å². The SMILES string of the molecule is Cc1cc2ccn(-c3c(C)cccc3C)cc-2n1. The maximum atomic E-state index is 4.54. The summed E-state index contributed by atoms with van der Waals surface area (Å²) in [7, 11) is 0. The average Bonchev–Trinajstić information content (AvgIpc) is 2.68. The van der Waals surface area contributed by atoms with Gasteiger partial charge in [-0.1, -0.05) is 18.2 Å². The van der Waals surface area contributed by atoms with Crippen LogP contribution in [-0.2, 0) is 0 Å². The highest BCUT2D eigenvalue weighted by molar-refractivity contribution is 5.63. The van der Waals surface area contributed by atoms with Crippen LogP contribution >= 0.6 is 0 Å². The third-order valence-corrected chi connectivity index (χ3v) is 3.33. The molecule has 1 aromatic carbocycles. The van der Waals surface area contributed by atoms with Crippen molar-refractivity contribution >= 4 is 0 Å². The summed E-state index contributed by atoms with van der Waals surface area (Å²) in [6.45, 7) is 6.32. The van der Waals surface area contributed by atoms with Gasteiger partial charge < -0.3 is 4.57 Å². The largest absolute Gasteiger partial charge is 0.321 e. The number of para-hydroxylation sites is 1. The third kappa shape index (κ3) is 1.70. The quantitative estimate of drug-likeness (QED) is 0.626. The molecule has 0 bridgehead atoms. The van der Waals surface area contributed by atoms with Crippen LogP contribution in [0.25, 0.3) is 16.9 Å². The van der Waals surface area contributed by atoms with E-state index in [1.807, 2.05) is 6.92 Å². The van der Waals surface area contributed by atoms with Gasteiger partial charge >= 0.3 is 0 Å². The van der Waals surface area contributed by atoms with Gasteiger partial charge in [0.1, 0.15) is 0 Å². The fraction of sp³-hybridized carbons (Fsp3) is 0.188. The highest BCUT2D eigenvalue weighted by Crippen LogP contribution is 2.25. The van der Waals surface area contributed by atoms with Crippen LogP contribution in [0, 0.1) is 20.8 Å². The van der Waals surface area contributed by atoms with Gasteiger partial charge in [-0.25, -0.2) is 0 Å². The van der Waals surface area contributed by atoms with E-state index in [-0.39, 0.29) is 0 Å². The Morgan fingerprint density at radius 3 is 2.44 bits per heavy atom. The summed E-state index contributed by atoms with van der Waals surface area (Å²) in [5, 5.41) is 0. The Bertz CT molecular complexity index is 659. The molecule has 90 valence electrons. The predicted molar refractivity (Wildman–Crippen MR) is 74.4 cm³/mol. The van der Waals surface area contributed by atoms with Gasteiger partial charge in [-0.2, -0.15) is 0 Å². The van der Waals surface area contributed by atoms with E-state index in [2.05, 4.69) is 66.1 Å². The molecule has 0 fully saturated rings. The monoisotopic (exact) mass is 236 g/mol. The molecule has 2 nitrogen and oxygen atoms in total. The van der Waals surface area contributed by atoms with Crippen molar-refractivity contribution in [3.8, 4) is 16.9 Å². The molecule has 0 spiro atoms. The zero-order valence-electron chi connectivity index (χ0n) is 10.9. The van der Waals surface area contributed by atoms with Crippen molar-refractivity contribution in [2.75, 3.05) is 0 Å². The molecule has 0 saturated carbocycles. The zero-order chi connectivity index (χ0) is 12.7. The first-order valence-corrected chi connectivity index (χ1v) is 6.17. The summed E-state index contributed by atoms with van der Waals surface area (Å²) in [5.41, 5.74) is 7.14. The highest BCUT2D eigenvalue weighted by Gasteiger charge is 2.09. The molecular formula is C16H16N2. The number of nitrogens with zero attached hydrogens (tertiary/aromatic N) is 2. The van der Waals surface area contributed by atoms with Crippen LogP contribution in [0.3, 0.4) is 0 Å². The number of aryl methyl sites for hydroxylation is 3. The lowest BCUT2D eigenvalue weighted by atomic mass is 10.1. The number of benzene rings is 1. The standard InChI is InChI=1S/C16H16N2/c1-11-5-4-6-12(2)16(11)18-8-7-14-9-13(3)17-15(14)10-18/h4-10H,1-3H3. The van der Waals surface area contributed by atoms with Gasteiger partial charge in [-0.05, 0) is 44.0 Å². The molecule has 0 unspecified atom stereocenters. The van der Waals surface area contributed by atoms with Crippen molar-refractivity contribution in [3.63, 3.8) is 0 Å². The maximum absolute atomic E-state index is 4.54. The molecular weight excluding hydrogens is 220 g/mol. The van der Waals surface area contributed by atoms with E-state index in [1.165, 1.54) is 22.4 Å². The number of hydrogen-bond donors (Lipinski definition) is 0. The molecule has 2 aliphatic rings. The molecule has 0 aliphatic carbocycles. The minimum absolute atomic E-state index is 1.05. The summed E-state index contributed by atoms with van der Waals surface area (Å²) in [5.74, 6) is 0. The smallest absolute Gasteiger partial charge is 0.0872 e. The third-order valence-electron chi connectivity index (χ3n) is 3.33. The molecule has 18 heavy (non-hydrogen) atoms. The fourth-order valence-corrected chi connectivity index (χ4v) is 2.51. The number of hydrogen-bond acceptors (Lipinski definition) is 1. The second-order valence-electron chi connectivity index (χ2n) is 4.83. The molecule has 2 aliphatic heterocycles. The Balaban J connectivity index is 2.23. The van der Waals surface area contributed by atoms with Crippen molar-refractivity contribution in [1.29, 1.82) is 0 Å². The lowest BCUT2D eigenvalue weighted by Crippen LogP contribution is -2.00. The zero-order valence-corrected chi connectivity index (χ0v) is 10.9. The normalized spacial score (nSPS) is 11.1. The van der Waals surface area contributed by atoms with E-state index >= 15 is 0 Å². The van der Waals surface area contributed by atoms with Crippen LogP contribution in [0.4, 0.5) is 0 Å². The Morgan fingerprint density at radius 2 is 1.72 bits per heavy atom. The summed E-state index contributed by atoms with van der Waals surface area (Å²) in [4.78, 5) is 4.54. The van der Waals surface area contributed by atoms with Gasteiger partial charge in [-0.15, -0.1) is 0 Å². The first kappa shape index (κ1) is 11.0. The summed E-state index contributed by atoms with van der Waals surface area (Å²) in [6, 6.07) is 10.6. The van der Waals surface area contributed by atoms with Crippen LogP contribution in [0.5, 0.6) is 0 Å². The first-order valence-electron chi connectivity index (χ1n) is 6.17. The van der Waals surface area contributed by atoms with E-state index in [4.69, 9.17) is 0 Å². The van der Waals surface area contributed by atoms with Crippen LogP contribution in [0.1, 0.15) is 16.8 Å². The number of rotatable bonds is 1. The maximum Gasteiger partial charge on any atom is 0.0872 e. The van der Waals surface area contributed by atoms with Crippen LogP contribution in [0.2, 0.25) is 0 Å². The summed E-state index contributed by atoms with van der Waals surface area (Å²) >= 11 is 0. The highest BCUT2D eigenvalue weighted by atomic mass is 15.0. The minimum atomic E-state index is 1.05. The second kappa shape index (κ2) is 3.98. The molecule has 0 N–H and O–H groups in total. The Morgan fingerprint density at radius 1 is 1.00 bits per heavy atom. The Labute approximate surface area is 107 Å². The van der Waals surface area contributed by atoms with E-state index in [0.717, 1.165) is 11.4 Å². The van der Waals surface area contributed by atoms with Crippen LogP contribution in [-0.4, -0.2) is 9.55 Å². The Kier molecular flexibility index (Phi) is 2.44. The predicted octanol–water partition coefficient (Wildman–Crippen LogP) is 3.90. The molecule has 0 saturated heterocycles. The van der Waals surface area contributed by atoms with Gasteiger partial charge in [0, 0.05) is 23.7 Å². The van der Waals surface area contributed by atoms with Gasteiger partial charge in [0.2, 0.25) is 0 Å². The van der Waals surface area contributed by atoms with E-state index in [1.54, 1.807) is 0 Å². The van der Waals surface area contributed by atoms with E-state index in [9.17, 15) is 0 Å². The van der Waals surface area contributed by atoms with Crippen molar-refractivity contribution in [2.45, 2.75) is 20.8 Å². The lowest BCUT2D eigenvalue weighted by Gasteiger charge is -2.14. The van der Waals surface area contributed by atoms with Gasteiger partial charge in [0.25, 0.3) is 0 Å². The number of fused-ring (bicyclic) bond motifs is 1. The van der Waals surface area contributed by atoms with Gasteiger partial charge in [0.15, 0.2) is 0 Å². The van der Waals surface area contributed by atoms with Crippen molar-refractivity contribution in [3.05, 3.63) is 59.5 Å². The number of aromatic nitrogens is 2. The first-order chi connectivity index (χ1) is 8.65. The van der Waals surface area contributed by atoms with Crippen molar-refractivity contribution in [2.24, 2.45) is 0 Å². The molecule has 0 atom stereocenters. The Hall–Kier alpha value is -2.09. The molecule has 3 rings (SSSR count). The lowest BCUT2D eigenvalue weighted by molar-refractivity contribution is 1.01. The van der Waals surface area contributed by atoms with Gasteiger partial charge in [-0.3, -0.25) is 4.98 Å². The second-order valence-corrected chi connectivity index (χ2v) is 4.83. The van der Waals surface area contributed by atoms with Crippen molar-refractivity contribution in [1.82, 2.24) is 9.55 Å². The van der Waals surface area contributed by atoms with E-state index < -0.39 is 0 Å². The minimum Gasteiger partial charge on any atom is -0.321 e. The van der Waals surface area contributed by atoms with E-state index in [0.29, 0.717) is 0 Å². The number of pyridine rings is 1. The summed E-state index contributed by atoms with van der Waals surface area (Å²) in [6.07, 6.45) is 4.22. The topological polar surface area (TPSA) is 17.8 Å². The molecule has 0 amide bonds. The molecule has 2 heterocycles. The summed E-state index contributed by atoms with van der Waals surface area (Å²) < 4.78 is 2.17. The van der Waals surface area contributed by atoms with Gasteiger partial charge in [0.05, 0.1) is 11.4 Å². The molecule has 0 radical (unpaired) electrons. The molecule has 1 aromatic rings. The fourth-order valence-electron chi connectivity index (χ4n) is 2.51. The average molecular weight is 236 g/mol. The van der Waals surface area contributed by atoms with Crippen LogP contribution < -0.4 is 0 Å². The molecule has 0 aromatic heterocycles.